The smallest absolute Gasteiger partial charge is 0.255 e. The van der Waals surface area contributed by atoms with Crippen LogP contribution in [-0.2, 0) is 4.79 Å². The van der Waals surface area contributed by atoms with Crippen molar-refractivity contribution < 1.29 is 14.4 Å². The summed E-state index contributed by atoms with van der Waals surface area (Å²) in [6.07, 6.45) is 1.61. The van der Waals surface area contributed by atoms with Crippen LogP contribution >= 0.6 is 0 Å². The molecule has 154 valence electrons. The van der Waals surface area contributed by atoms with Crippen molar-refractivity contribution in [2.45, 2.75) is 33.6 Å². The number of benzene rings is 2. The van der Waals surface area contributed by atoms with Crippen molar-refractivity contribution in [2.75, 3.05) is 18.4 Å². The number of hydrogen-bond donors (Lipinski definition) is 3. The number of aryl methyl sites for hydroxylation is 1. The van der Waals surface area contributed by atoms with Gasteiger partial charge in [0.25, 0.3) is 11.8 Å². The molecule has 0 spiro atoms. The van der Waals surface area contributed by atoms with E-state index in [1.165, 1.54) is 0 Å². The molecule has 0 heterocycles. The van der Waals surface area contributed by atoms with E-state index in [1.54, 1.807) is 36.4 Å². The molecule has 0 unspecified atom stereocenters. The number of nitrogens with one attached hydrogen (secondary N) is 3. The SMILES string of the molecule is CCC(CC)C(=O)NCCNC(=O)c1ccc(NC(=O)c2ccc(C)cc2)cc1. The molecule has 0 saturated heterocycles. The number of anilines is 1. The van der Waals surface area contributed by atoms with Gasteiger partial charge in [-0.15, -0.1) is 0 Å². The predicted octanol–water partition coefficient (Wildman–Crippen LogP) is 3.53. The van der Waals surface area contributed by atoms with Gasteiger partial charge in [-0.05, 0) is 56.2 Å². The second kappa shape index (κ2) is 11.0. The molecule has 0 bridgehead atoms. The fourth-order valence-corrected chi connectivity index (χ4v) is 2.88. The first-order valence-corrected chi connectivity index (χ1v) is 9.98. The van der Waals surface area contributed by atoms with E-state index in [0.29, 0.717) is 29.9 Å². The fourth-order valence-electron chi connectivity index (χ4n) is 2.88. The Kier molecular flexibility index (Phi) is 8.40. The first-order valence-electron chi connectivity index (χ1n) is 9.98. The zero-order valence-electron chi connectivity index (χ0n) is 17.2. The summed E-state index contributed by atoms with van der Waals surface area (Å²) in [6, 6.07) is 14.0. The monoisotopic (exact) mass is 395 g/mol. The molecule has 2 aromatic carbocycles. The minimum atomic E-state index is -0.224. The van der Waals surface area contributed by atoms with E-state index in [1.807, 2.05) is 32.9 Å². The van der Waals surface area contributed by atoms with Crippen LogP contribution in [0, 0.1) is 12.8 Å². The highest BCUT2D eigenvalue weighted by molar-refractivity contribution is 6.04. The fraction of sp³-hybridized carbons (Fsp3) is 0.348. The number of carbonyl (C=O) groups is 3. The lowest BCUT2D eigenvalue weighted by atomic mass is 10.0. The minimum Gasteiger partial charge on any atom is -0.354 e. The quantitative estimate of drug-likeness (QED) is 0.568. The predicted molar refractivity (Wildman–Crippen MR) is 115 cm³/mol. The van der Waals surface area contributed by atoms with Gasteiger partial charge in [-0.2, -0.15) is 0 Å². The van der Waals surface area contributed by atoms with Gasteiger partial charge in [0, 0.05) is 35.8 Å². The number of rotatable bonds is 9. The first-order chi connectivity index (χ1) is 13.9. The van der Waals surface area contributed by atoms with Gasteiger partial charge in [0.2, 0.25) is 5.91 Å². The molecule has 6 heteroatoms. The van der Waals surface area contributed by atoms with E-state index < -0.39 is 0 Å². The molecule has 3 amide bonds. The molecular weight excluding hydrogens is 366 g/mol. The third kappa shape index (κ3) is 6.75. The van der Waals surface area contributed by atoms with Crippen LogP contribution in [0.25, 0.3) is 0 Å². The van der Waals surface area contributed by atoms with Gasteiger partial charge in [-0.3, -0.25) is 14.4 Å². The Hall–Kier alpha value is -3.15. The van der Waals surface area contributed by atoms with E-state index in [4.69, 9.17) is 0 Å². The van der Waals surface area contributed by atoms with Gasteiger partial charge >= 0.3 is 0 Å². The topological polar surface area (TPSA) is 87.3 Å². The molecule has 0 saturated carbocycles. The summed E-state index contributed by atoms with van der Waals surface area (Å²) in [7, 11) is 0. The van der Waals surface area contributed by atoms with Gasteiger partial charge in [-0.25, -0.2) is 0 Å². The van der Waals surface area contributed by atoms with E-state index in [2.05, 4.69) is 16.0 Å². The third-order valence-corrected chi connectivity index (χ3v) is 4.78. The van der Waals surface area contributed by atoms with Crippen LogP contribution in [0.5, 0.6) is 0 Å². The van der Waals surface area contributed by atoms with Crippen LogP contribution in [0.3, 0.4) is 0 Å². The summed E-state index contributed by atoms with van der Waals surface area (Å²) in [5.74, 6) is -0.375. The first kappa shape index (κ1) is 22.1. The molecule has 6 nitrogen and oxygen atoms in total. The average molecular weight is 396 g/mol. The molecule has 0 aromatic heterocycles. The Bertz CT molecular complexity index is 825. The van der Waals surface area contributed by atoms with Crippen molar-refractivity contribution in [3.63, 3.8) is 0 Å². The van der Waals surface area contributed by atoms with Crippen LogP contribution in [0.15, 0.2) is 48.5 Å². The average Bonchev–Trinajstić information content (AvgIpc) is 2.73. The van der Waals surface area contributed by atoms with Crippen LogP contribution < -0.4 is 16.0 Å². The number of carbonyl (C=O) groups excluding carboxylic acids is 3. The van der Waals surface area contributed by atoms with Crippen molar-refractivity contribution in [3.8, 4) is 0 Å². The summed E-state index contributed by atoms with van der Waals surface area (Å²) in [4.78, 5) is 36.4. The molecule has 3 N–H and O–H groups in total. The van der Waals surface area contributed by atoms with Crippen molar-refractivity contribution in [1.82, 2.24) is 10.6 Å². The summed E-state index contributed by atoms with van der Waals surface area (Å²) in [5, 5.41) is 8.43. The summed E-state index contributed by atoms with van der Waals surface area (Å²) in [5.41, 5.74) is 2.77. The van der Waals surface area contributed by atoms with Gasteiger partial charge in [0.15, 0.2) is 0 Å². The van der Waals surface area contributed by atoms with Gasteiger partial charge in [0.05, 0.1) is 0 Å². The van der Waals surface area contributed by atoms with Crippen molar-refractivity contribution in [1.29, 1.82) is 0 Å². The van der Waals surface area contributed by atoms with Crippen molar-refractivity contribution in [3.05, 3.63) is 65.2 Å². The van der Waals surface area contributed by atoms with Crippen LogP contribution in [0.2, 0.25) is 0 Å². The Balaban J connectivity index is 1.80. The molecule has 0 fully saturated rings. The standard InChI is InChI=1S/C23H29N3O3/c1-4-17(5-2)21(27)24-14-15-25-22(28)18-10-12-20(13-11-18)26-23(29)19-8-6-16(3)7-9-19/h6-13,17H,4-5,14-15H2,1-3H3,(H,24,27)(H,25,28)(H,26,29). The van der Waals surface area contributed by atoms with Crippen LogP contribution in [0.4, 0.5) is 5.69 Å². The Morgan fingerprint density at radius 3 is 1.86 bits per heavy atom. The van der Waals surface area contributed by atoms with E-state index in [9.17, 15) is 14.4 Å². The molecule has 2 rings (SSSR count). The number of hydrogen-bond acceptors (Lipinski definition) is 3. The van der Waals surface area contributed by atoms with Crippen LogP contribution in [-0.4, -0.2) is 30.8 Å². The van der Waals surface area contributed by atoms with E-state index >= 15 is 0 Å². The van der Waals surface area contributed by atoms with E-state index in [0.717, 1.165) is 18.4 Å². The zero-order chi connectivity index (χ0) is 21.2. The molecule has 0 atom stereocenters. The lowest BCUT2D eigenvalue weighted by Gasteiger charge is -2.13. The highest BCUT2D eigenvalue weighted by Gasteiger charge is 2.13. The Morgan fingerprint density at radius 1 is 0.759 bits per heavy atom. The summed E-state index contributed by atoms with van der Waals surface area (Å²) < 4.78 is 0. The lowest BCUT2D eigenvalue weighted by Crippen LogP contribution is -2.37. The zero-order valence-corrected chi connectivity index (χ0v) is 17.2. The normalized spacial score (nSPS) is 10.5. The molecule has 0 aliphatic heterocycles. The molecule has 0 aliphatic rings. The minimum absolute atomic E-state index is 0.0216. The second-order valence-electron chi connectivity index (χ2n) is 6.96. The molecule has 0 radical (unpaired) electrons. The largest absolute Gasteiger partial charge is 0.354 e. The highest BCUT2D eigenvalue weighted by atomic mass is 16.2. The molecule has 2 aromatic rings. The van der Waals surface area contributed by atoms with Gasteiger partial charge < -0.3 is 16.0 Å². The second-order valence-corrected chi connectivity index (χ2v) is 6.96. The summed E-state index contributed by atoms with van der Waals surface area (Å²) >= 11 is 0. The number of amides is 3. The maximum atomic E-state index is 12.2. The van der Waals surface area contributed by atoms with E-state index in [-0.39, 0.29) is 23.6 Å². The highest BCUT2D eigenvalue weighted by Crippen LogP contribution is 2.12. The van der Waals surface area contributed by atoms with Crippen LogP contribution in [0.1, 0.15) is 53.0 Å². The molecule has 29 heavy (non-hydrogen) atoms. The van der Waals surface area contributed by atoms with Crippen molar-refractivity contribution >= 4 is 23.4 Å². The Morgan fingerprint density at radius 2 is 1.28 bits per heavy atom. The molecule has 0 aliphatic carbocycles. The van der Waals surface area contributed by atoms with Gasteiger partial charge in [0.1, 0.15) is 0 Å². The van der Waals surface area contributed by atoms with Crippen molar-refractivity contribution in [2.24, 2.45) is 5.92 Å². The maximum absolute atomic E-state index is 12.2. The summed E-state index contributed by atoms with van der Waals surface area (Å²) in [6.45, 7) is 6.69. The Labute approximate surface area is 172 Å². The third-order valence-electron chi connectivity index (χ3n) is 4.78. The maximum Gasteiger partial charge on any atom is 0.255 e. The molecular formula is C23H29N3O3. The van der Waals surface area contributed by atoms with Gasteiger partial charge in [-0.1, -0.05) is 31.5 Å². The lowest BCUT2D eigenvalue weighted by molar-refractivity contribution is -0.125.